The van der Waals surface area contributed by atoms with Crippen LogP contribution in [0.15, 0.2) is 54.7 Å². The van der Waals surface area contributed by atoms with Crippen LogP contribution in [0.3, 0.4) is 0 Å². The lowest BCUT2D eigenvalue weighted by atomic mass is 9.87. The second-order valence-electron chi connectivity index (χ2n) is 12.6. The average Bonchev–Trinajstić information content (AvgIpc) is 3.90. The number of aliphatic hydroxyl groups is 1. The number of primary amides is 1. The molecule has 2 unspecified atom stereocenters. The standard InChI is InChI=1S/C34H31FN4O5/c1-43-25-12-20(10-19-11-21(17-2-3-17)15-37-28(19)25)31(40)38-16-34(42,22-6-7-22)26-13-24-30(44-27-14-33(24,27)32(36)41)29(39-26)18-4-8-23(35)9-5-18/h4-5,8-13,15,17,22,27,42H,2-3,6-7,14,16H2,1H3,(H2,36,41)(H,38,40)/t27?,33-,34?/m1/s1. The first-order chi connectivity index (χ1) is 21.2. The number of carbonyl (C=O) groups excluding carboxylic acids is 2. The molecule has 44 heavy (non-hydrogen) atoms. The highest BCUT2D eigenvalue weighted by molar-refractivity contribution is 6.00. The van der Waals surface area contributed by atoms with Gasteiger partial charge in [0.25, 0.3) is 5.91 Å². The topological polar surface area (TPSA) is 137 Å². The summed E-state index contributed by atoms with van der Waals surface area (Å²) in [6.45, 7) is -0.111. The molecule has 3 saturated carbocycles. The van der Waals surface area contributed by atoms with Gasteiger partial charge >= 0.3 is 0 Å². The number of amides is 2. The normalized spacial score (nSPS) is 22.8. The van der Waals surface area contributed by atoms with E-state index in [9.17, 15) is 19.1 Å². The van der Waals surface area contributed by atoms with E-state index in [-0.39, 0.29) is 18.4 Å². The minimum absolute atomic E-state index is 0.111. The Balaban J connectivity index is 1.15. The number of ether oxygens (including phenoxy) is 2. The highest BCUT2D eigenvalue weighted by Crippen LogP contribution is 2.61. The number of nitrogens with zero attached hydrogens (tertiary/aromatic N) is 2. The fourth-order valence-corrected chi connectivity index (χ4v) is 6.68. The third-order valence-electron chi connectivity index (χ3n) is 9.68. The van der Waals surface area contributed by atoms with Crippen LogP contribution in [-0.2, 0) is 15.8 Å². The Hall–Kier alpha value is -4.57. The molecular weight excluding hydrogens is 563 g/mol. The van der Waals surface area contributed by atoms with Crippen molar-refractivity contribution in [2.45, 2.75) is 55.1 Å². The van der Waals surface area contributed by atoms with Crippen molar-refractivity contribution in [3.05, 3.63) is 82.9 Å². The first-order valence-corrected chi connectivity index (χ1v) is 15.0. The van der Waals surface area contributed by atoms with Crippen LogP contribution in [0.1, 0.15) is 65.2 Å². The molecule has 4 aliphatic rings. The molecule has 3 fully saturated rings. The number of methoxy groups -OCH3 is 1. The van der Waals surface area contributed by atoms with Crippen LogP contribution in [0, 0.1) is 11.7 Å². The highest BCUT2D eigenvalue weighted by atomic mass is 19.1. The summed E-state index contributed by atoms with van der Waals surface area (Å²) >= 11 is 0. The lowest BCUT2D eigenvalue weighted by Gasteiger charge is -2.30. The summed E-state index contributed by atoms with van der Waals surface area (Å²) in [7, 11) is 1.55. The molecule has 8 rings (SSSR count). The number of carbonyl (C=O) groups is 2. The molecule has 2 amide bonds. The molecule has 9 nitrogen and oxygen atoms in total. The average molecular weight is 595 g/mol. The molecule has 1 aliphatic heterocycles. The minimum atomic E-state index is -1.53. The van der Waals surface area contributed by atoms with Crippen molar-refractivity contribution in [3.63, 3.8) is 0 Å². The predicted molar refractivity (Wildman–Crippen MR) is 159 cm³/mol. The van der Waals surface area contributed by atoms with Crippen LogP contribution in [0.25, 0.3) is 22.2 Å². The lowest BCUT2D eigenvalue weighted by molar-refractivity contribution is -0.120. The fourth-order valence-electron chi connectivity index (χ4n) is 6.68. The van der Waals surface area contributed by atoms with Gasteiger partial charge in [0, 0.05) is 34.7 Å². The molecule has 0 spiro atoms. The van der Waals surface area contributed by atoms with E-state index in [0.29, 0.717) is 57.4 Å². The molecular formula is C34H31FN4O5. The van der Waals surface area contributed by atoms with Crippen molar-refractivity contribution in [2.24, 2.45) is 11.7 Å². The Morgan fingerprint density at radius 1 is 1.16 bits per heavy atom. The Morgan fingerprint density at radius 2 is 1.93 bits per heavy atom. The van der Waals surface area contributed by atoms with E-state index in [1.807, 2.05) is 6.20 Å². The smallest absolute Gasteiger partial charge is 0.251 e. The molecule has 4 N–H and O–H groups in total. The third kappa shape index (κ3) is 4.15. The van der Waals surface area contributed by atoms with Gasteiger partial charge in [0.15, 0.2) is 5.75 Å². The number of nitrogens with one attached hydrogen (secondary N) is 1. The van der Waals surface area contributed by atoms with Crippen LogP contribution >= 0.6 is 0 Å². The largest absolute Gasteiger partial charge is 0.494 e. The van der Waals surface area contributed by atoms with Gasteiger partial charge in [-0.15, -0.1) is 0 Å². The second-order valence-corrected chi connectivity index (χ2v) is 12.6. The van der Waals surface area contributed by atoms with E-state index in [4.69, 9.17) is 20.2 Å². The van der Waals surface area contributed by atoms with E-state index >= 15 is 0 Å². The fraction of sp³-hybridized carbons (Fsp3) is 0.353. The molecule has 0 radical (unpaired) electrons. The maximum Gasteiger partial charge on any atom is 0.251 e. The van der Waals surface area contributed by atoms with Gasteiger partial charge in [-0.1, -0.05) is 0 Å². The quantitative estimate of drug-likeness (QED) is 0.264. The summed E-state index contributed by atoms with van der Waals surface area (Å²) in [6.07, 6.45) is 5.68. The molecule has 3 aliphatic carbocycles. The van der Waals surface area contributed by atoms with E-state index in [1.165, 1.54) is 12.1 Å². The molecule has 4 aromatic rings. The van der Waals surface area contributed by atoms with Gasteiger partial charge in [-0.3, -0.25) is 14.6 Å². The molecule has 2 aromatic carbocycles. The van der Waals surface area contributed by atoms with Gasteiger partial charge in [0.05, 0.1) is 19.3 Å². The maximum atomic E-state index is 13.8. The van der Waals surface area contributed by atoms with Gasteiger partial charge < -0.3 is 25.6 Å². The molecule has 0 saturated heterocycles. The third-order valence-corrected chi connectivity index (χ3v) is 9.68. The van der Waals surface area contributed by atoms with Crippen molar-refractivity contribution in [2.75, 3.05) is 13.7 Å². The number of rotatable bonds is 9. The summed E-state index contributed by atoms with van der Waals surface area (Å²) in [5.41, 5.74) is 7.41. The number of halogens is 1. The predicted octanol–water partition coefficient (Wildman–Crippen LogP) is 4.24. The van der Waals surface area contributed by atoms with E-state index in [0.717, 1.165) is 36.6 Å². The Kier molecular flexibility index (Phi) is 5.81. The Labute approximate surface area is 252 Å². The van der Waals surface area contributed by atoms with Gasteiger partial charge in [-0.2, -0.15) is 0 Å². The zero-order valence-corrected chi connectivity index (χ0v) is 24.1. The van der Waals surface area contributed by atoms with E-state index in [1.54, 1.807) is 37.4 Å². The highest BCUT2D eigenvalue weighted by Gasteiger charge is 2.68. The minimum Gasteiger partial charge on any atom is -0.494 e. The number of hydrogen-bond donors (Lipinski definition) is 3. The number of aromatic nitrogens is 2. The van der Waals surface area contributed by atoms with Gasteiger partial charge in [0.1, 0.15) is 39.9 Å². The van der Waals surface area contributed by atoms with Gasteiger partial charge in [-0.25, -0.2) is 9.37 Å². The summed E-state index contributed by atoms with van der Waals surface area (Å²) in [5.74, 6) is -0.0220. The van der Waals surface area contributed by atoms with Crippen LogP contribution in [0.2, 0.25) is 0 Å². The summed E-state index contributed by atoms with van der Waals surface area (Å²) < 4.78 is 25.5. The first-order valence-electron chi connectivity index (χ1n) is 15.0. The monoisotopic (exact) mass is 594 g/mol. The van der Waals surface area contributed by atoms with Crippen molar-refractivity contribution >= 4 is 22.7 Å². The maximum absolute atomic E-state index is 13.8. The molecule has 2 aromatic heterocycles. The van der Waals surface area contributed by atoms with Crippen molar-refractivity contribution in [3.8, 4) is 22.8 Å². The number of benzene rings is 2. The van der Waals surface area contributed by atoms with Crippen LogP contribution in [-0.4, -0.2) is 46.6 Å². The number of nitrogens with two attached hydrogens (primary N) is 1. The van der Waals surface area contributed by atoms with Crippen molar-refractivity contribution in [1.29, 1.82) is 0 Å². The summed E-state index contributed by atoms with van der Waals surface area (Å²) in [4.78, 5) is 35.7. The molecule has 3 heterocycles. The van der Waals surface area contributed by atoms with Crippen LogP contribution in [0.4, 0.5) is 4.39 Å². The summed E-state index contributed by atoms with van der Waals surface area (Å²) in [6, 6.07) is 13.0. The Morgan fingerprint density at radius 3 is 2.61 bits per heavy atom. The van der Waals surface area contributed by atoms with E-state index < -0.39 is 28.8 Å². The van der Waals surface area contributed by atoms with Crippen LogP contribution < -0.4 is 20.5 Å². The summed E-state index contributed by atoms with van der Waals surface area (Å²) in [5, 5.41) is 16.0. The van der Waals surface area contributed by atoms with Gasteiger partial charge in [-0.05, 0) is 91.6 Å². The number of fused-ring (bicyclic) bond motifs is 4. The zero-order valence-electron chi connectivity index (χ0n) is 24.1. The Bertz CT molecular complexity index is 1870. The molecule has 3 atom stereocenters. The van der Waals surface area contributed by atoms with Crippen molar-refractivity contribution < 1.29 is 28.6 Å². The van der Waals surface area contributed by atoms with Crippen molar-refractivity contribution in [1.82, 2.24) is 15.3 Å². The first kappa shape index (κ1) is 27.0. The van der Waals surface area contributed by atoms with Gasteiger partial charge in [0.2, 0.25) is 5.91 Å². The molecule has 224 valence electrons. The zero-order chi connectivity index (χ0) is 30.4. The molecule has 10 heteroatoms. The lowest BCUT2D eigenvalue weighted by Crippen LogP contribution is -2.43. The SMILES string of the molecule is COc1cc(C(=O)NCC(O)(c2cc3c(c(-c4ccc(F)cc4)n2)OC2C[C@@]32C(N)=O)C2CC2)cc2cc(C3CC3)cnc12. The number of hydrogen-bond acceptors (Lipinski definition) is 7. The van der Waals surface area contributed by atoms with E-state index in [2.05, 4.69) is 16.4 Å². The molecule has 0 bridgehead atoms. The number of pyridine rings is 2. The second kappa shape index (κ2) is 9.46. The van der Waals surface area contributed by atoms with Crippen LogP contribution in [0.5, 0.6) is 11.5 Å².